The molecule has 3 rings (SSSR count). The van der Waals surface area contributed by atoms with E-state index >= 15 is 0 Å². The SMILES string of the molecule is CCCCN(CCCC)c1ccc(C=CC2=CC(=CC=CC3=C(C#N)C(=C(C#N)C#N)OC3(C)C(F)(F)F)CC(C)(C)C2)c(OC)c1. The van der Waals surface area contributed by atoms with Crippen LogP contribution in [-0.2, 0) is 4.74 Å². The van der Waals surface area contributed by atoms with Crippen LogP contribution in [-0.4, -0.2) is 32.0 Å². The van der Waals surface area contributed by atoms with Gasteiger partial charge in [-0.25, -0.2) is 0 Å². The molecule has 1 heterocycles. The summed E-state index contributed by atoms with van der Waals surface area (Å²) in [5.41, 5.74) is -0.604. The van der Waals surface area contributed by atoms with Crippen molar-refractivity contribution in [2.75, 3.05) is 25.1 Å². The Bertz CT molecular complexity index is 1610. The highest BCUT2D eigenvalue weighted by atomic mass is 19.4. The molecule has 1 atom stereocenters. The number of benzene rings is 1. The number of anilines is 1. The Kier molecular flexibility index (Phi) is 12.3. The highest BCUT2D eigenvalue weighted by molar-refractivity contribution is 5.66. The third kappa shape index (κ3) is 8.78. The molecule has 0 N–H and O–H groups in total. The Morgan fingerprint density at radius 3 is 2.21 bits per heavy atom. The number of nitriles is 3. The third-order valence-electron chi connectivity index (χ3n) is 8.35. The fourth-order valence-electron chi connectivity index (χ4n) is 5.83. The summed E-state index contributed by atoms with van der Waals surface area (Å²) in [6.07, 6.45) is 11.5. The number of nitrogens with zero attached hydrogens (tertiary/aromatic N) is 4. The summed E-state index contributed by atoms with van der Waals surface area (Å²) in [5.74, 6) is 0.123. The Morgan fingerprint density at radius 2 is 1.66 bits per heavy atom. The van der Waals surface area contributed by atoms with Crippen molar-refractivity contribution in [2.45, 2.75) is 84.9 Å². The van der Waals surface area contributed by atoms with E-state index in [1.54, 1.807) is 19.3 Å². The van der Waals surface area contributed by atoms with Crippen molar-refractivity contribution in [3.05, 3.63) is 87.8 Å². The molecule has 0 saturated heterocycles. The van der Waals surface area contributed by atoms with Gasteiger partial charge >= 0.3 is 6.18 Å². The highest BCUT2D eigenvalue weighted by Crippen LogP contribution is 2.49. The monoisotopic (exact) mass is 644 g/mol. The van der Waals surface area contributed by atoms with Gasteiger partial charge in [-0.05, 0) is 61.3 Å². The summed E-state index contributed by atoms with van der Waals surface area (Å²) in [6.45, 7) is 11.4. The summed E-state index contributed by atoms with van der Waals surface area (Å²) in [7, 11) is 1.67. The summed E-state index contributed by atoms with van der Waals surface area (Å²) in [4.78, 5) is 2.41. The van der Waals surface area contributed by atoms with Crippen molar-refractivity contribution in [1.82, 2.24) is 0 Å². The fraction of sp³-hybridized carbons (Fsp3) is 0.447. The van der Waals surface area contributed by atoms with Crippen molar-refractivity contribution in [3.8, 4) is 24.0 Å². The van der Waals surface area contributed by atoms with Gasteiger partial charge < -0.3 is 14.4 Å². The molecule has 0 radical (unpaired) electrons. The molecule has 1 aliphatic carbocycles. The van der Waals surface area contributed by atoms with Gasteiger partial charge in [0.1, 0.15) is 29.5 Å². The van der Waals surface area contributed by atoms with Crippen LogP contribution in [0.15, 0.2) is 82.2 Å². The number of ether oxygens (including phenoxy) is 2. The van der Waals surface area contributed by atoms with Crippen LogP contribution in [0.1, 0.15) is 78.7 Å². The van der Waals surface area contributed by atoms with Gasteiger partial charge in [-0.15, -0.1) is 0 Å². The largest absolute Gasteiger partial charge is 0.496 e. The maximum atomic E-state index is 14.2. The van der Waals surface area contributed by atoms with Crippen LogP contribution in [0.5, 0.6) is 5.75 Å². The van der Waals surface area contributed by atoms with Gasteiger partial charge in [0.2, 0.25) is 5.60 Å². The number of methoxy groups -OCH3 is 1. The van der Waals surface area contributed by atoms with Crippen molar-refractivity contribution in [3.63, 3.8) is 0 Å². The molecular formula is C38H43F3N4O2. The van der Waals surface area contributed by atoms with E-state index in [-0.39, 0.29) is 5.41 Å². The lowest BCUT2D eigenvalue weighted by molar-refractivity contribution is -0.236. The Morgan fingerprint density at radius 1 is 1.00 bits per heavy atom. The molecular weight excluding hydrogens is 601 g/mol. The van der Waals surface area contributed by atoms with Crippen molar-refractivity contribution < 1.29 is 22.6 Å². The number of alkyl halides is 3. The molecule has 47 heavy (non-hydrogen) atoms. The van der Waals surface area contributed by atoms with E-state index in [0.717, 1.165) is 80.3 Å². The van der Waals surface area contributed by atoms with Gasteiger partial charge in [-0.1, -0.05) is 77.0 Å². The first-order chi connectivity index (χ1) is 22.3. The summed E-state index contributed by atoms with van der Waals surface area (Å²) in [5, 5.41) is 28.2. The summed E-state index contributed by atoms with van der Waals surface area (Å²) in [6, 6.07) is 11.0. The van der Waals surface area contributed by atoms with Crippen molar-refractivity contribution in [1.29, 1.82) is 15.8 Å². The van der Waals surface area contributed by atoms with Gasteiger partial charge in [-0.2, -0.15) is 29.0 Å². The van der Waals surface area contributed by atoms with E-state index in [2.05, 4.69) is 50.8 Å². The number of hydrogen-bond acceptors (Lipinski definition) is 6. The molecule has 0 amide bonds. The number of allylic oxidation sites excluding steroid dienone is 8. The van der Waals surface area contributed by atoms with Crippen molar-refractivity contribution >= 4 is 11.8 Å². The van der Waals surface area contributed by atoms with Crippen LogP contribution in [0.4, 0.5) is 18.9 Å². The first-order valence-corrected chi connectivity index (χ1v) is 15.9. The molecule has 0 saturated carbocycles. The molecule has 1 aromatic carbocycles. The fourth-order valence-corrected chi connectivity index (χ4v) is 5.83. The molecule has 2 aliphatic rings. The lowest BCUT2D eigenvalue weighted by Crippen LogP contribution is -2.43. The molecule has 1 aromatic rings. The lowest BCUT2D eigenvalue weighted by atomic mass is 9.75. The molecule has 1 unspecified atom stereocenters. The second kappa shape index (κ2) is 15.7. The van der Waals surface area contributed by atoms with E-state index in [1.165, 1.54) is 24.3 Å². The van der Waals surface area contributed by atoms with E-state index in [4.69, 9.17) is 9.47 Å². The van der Waals surface area contributed by atoms with Crippen LogP contribution in [0.2, 0.25) is 0 Å². The first kappa shape index (κ1) is 36.8. The van der Waals surface area contributed by atoms with Gasteiger partial charge in [0, 0.05) is 36.0 Å². The van der Waals surface area contributed by atoms with E-state index in [1.807, 2.05) is 18.2 Å². The number of halogens is 3. The van der Waals surface area contributed by atoms with Crippen LogP contribution >= 0.6 is 0 Å². The molecule has 1 aliphatic heterocycles. The third-order valence-corrected chi connectivity index (χ3v) is 8.35. The zero-order valence-electron chi connectivity index (χ0n) is 28.1. The zero-order valence-corrected chi connectivity index (χ0v) is 28.1. The second-order valence-corrected chi connectivity index (χ2v) is 12.8. The van der Waals surface area contributed by atoms with E-state index in [9.17, 15) is 29.0 Å². The normalized spacial score (nSPS) is 20.2. The number of rotatable bonds is 12. The maximum Gasteiger partial charge on any atom is 0.432 e. The minimum atomic E-state index is -4.91. The Balaban J connectivity index is 1.96. The zero-order chi connectivity index (χ0) is 34.8. The molecule has 0 spiro atoms. The number of unbranched alkanes of at least 4 members (excludes halogenated alkanes) is 2. The quantitative estimate of drug-likeness (QED) is 0.210. The van der Waals surface area contributed by atoms with Gasteiger partial charge in [-0.3, -0.25) is 0 Å². The predicted molar refractivity (Wildman–Crippen MR) is 179 cm³/mol. The van der Waals surface area contributed by atoms with Gasteiger partial charge in [0.25, 0.3) is 0 Å². The van der Waals surface area contributed by atoms with Crippen LogP contribution in [0.25, 0.3) is 6.08 Å². The average Bonchev–Trinajstić information content (AvgIpc) is 3.32. The van der Waals surface area contributed by atoms with Gasteiger partial charge in [0.05, 0.1) is 7.11 Å². The van der Waals surface area contributed by atoms with E-state index < -0.39 is 34.3 Å². The van der Waals surface area contributed by atoms with E-state index in [0.29, 0.717) is 6.42 Å². The summed E-state index contributed by atoms with van der Waals surface area (Å²) >= 11 is 0. The molecule has 0 aromatic heterocycles. The summed E-state index contributed by atoms with van der Waals surface area (Å²) < 4.78 is 53.5. The predicted octanol–water partition coefficient (Wildman–Crippen LogP) is 9.82. The van der Waals surface area contributed by atoms with Crippen LogP contribution < -0.4 is 9.64 Å². The molecule has 0 fully saturated rings. The first-order valence-electron chi connectivity index (χ1n) is 15.9. The molecule has 0 bridgehead atoms. The Labute approximate surface area is 277 Å². The lowest BCUT2D eigenvalue weighted by Gasteiger charge is -2.30. The van der Waals surface area contributed by atoms with Gasteiger partial charge in [0.15, 0.2) is 11.3 Å². The highest BCUT2D eigenvalue weighted by Gasteiger charge is 2.60. The molecule has 6 nitrogen and oxygen atoms in total. The molecule has 248 valence electrons. The standard InChI is InChI=1S/C38H43F3N4O2/c1-7-9-18-45(19-10-8-2)31-17-16-29(34(21-31)46-6)15-14-28-20-27(22-36(3,4)23-28)12-11-13-33-32(26-44)35(30(24-42)25-43)47-37(33,5)38(39,40)41/h11-17,20-21H,7-10,18-19,22-23H2,1-6H3. The molecule has 9 heteroatoms. The minimum absolute atomic E-state index is 0.112. The van der Waals surface area contributed by atoms with Crippen LogP contribution in [0.3, 0.4) is 0 Å². The second-order valence-electron chi connectivity index (χ2n) is 12.8. The topological polar surface area (TPSA) is 93.1 Å². The smallest absolute Gasteiger partial charge is 0.432 e. The average molecular weight is 645 g/mol. The Hall–Kier alpha value is -4.68. The maximum absolute atomic E-state index is 14.2. The minimum Gasteiger partial charge on any atom is -0.496 e. The van der Waals surface area contributed by atoms with Crippen molar-refractivity contribution in [2.24, 2.45) is 5.41 Å². The number of hydrogen-bond donors (Lipinski definition) is 0. The van der Waals surface area contributed by atoms with Crippen LogP contribution in [0, 0.1) is 39.4 Å².